The molecular formula is C17H18FNO. The van der Waals surface area contributed by atoms with Gasteiger partial charge in [-0.05, 0) is 48.2 Å². The van der Waals surface area contributed by atoms with E-state index in [0.717, 1.165) is 22.4 Å². The average molecular weight is 271 g/mol. The summed E-state index contributed by atoms with van der Waals surface area (Å²) in [6, 6.07) is 13.7. The quantitative estimate of drug-likeness (QED) is 0.894. The summed E-state index contributed by atoms with van der Waals surface area (Å²) in [7, 11) is 1.65. The van der Waals surface area contributed by atoms with Gasteiger partial charge in [0.05, 0.1) is 7.11 Å². The molecule has 2 nitrogen and oxygen atoms in total. The largest absolute Gasteiger partial charge is 0.497 e. The van der Waals surface area contributed by atoms with Crippen molar-refractivity contribution in [1.29, 1.82) is 0 Å². The predicted molar refractivity (Wildman–Crippen MR) is 78.2 cm³/mol. The Kier molecular flexibility index (Phi) is 3.70. The van der Waals surface area contributed by atoms with Crippen LogP contribution in [0.2, 0.25) is 0 Å². The SMILES string of the molecule is COc1ccc(-c2ccc(F)c(CNC3CC3)c2)cc1. The molecule has 0 aliphatic heterocycles. The van der Waals surface area contributed by atoms with Crippen molar-refractivity contribution in [3.05, 3.63) is 53.8 Å². The number of hydrogen-bond donors (Lipinski definition) is 1. The lowest BCUT2D eigenvalue weighted by Gasteiger charge is -2.09. The van der Waals surface area contributed by atoms with E-state index >= 15 is 0 Å². The molecule has 1 aliphatic carbocycles. The molecule has 0 atom stereocenters. The lowest BCUT2D eigenvalue weighted by molar-refractivity contribution is 0.415. The second kappa shape index (κ2) is 5.63. The van der Waals surface area contributed by atoms with Gasteiger partial charge in [-0.1, -0.05) is 18.2 Å². The molecule has 1 saturated carbocycles. The summed E-state index contributed by atoms with van der Waals surface area (Å²) in [5.74, 6) is 0.682. The van der Waals surface area contributed by atoms with E-state index in [4.69, 9.17) is 4.74 Å². The summed E-state index contributed by atoms with van der Waals surface area (Å²) < 4.78 is 19.0. The van der Waals surface area contributed by atoms with E-state index in [9.17, 15) is 4.39 Å². The molecule has 2 aromatic carbocycles. The molecule has 1 fully saturated rings. The van der Waals surface area contributed by atoms with Gasteiger partial charge in [-0.3, -0.25) is 0 Å². The molecule has 1 N–H and O–H groups in total. The van der Waals surface area contributed by atoms with Crippen LogP contribution in [0.5, 0.6) is 5.75 Å². The summed E-state index contributed by atoms with van der Waals surface area (Å²) in [6.07, 6.45) is 2.42. The van der Waals surface area contributed by atoms with Crippen molar-refractivity contribution in [1.82, 2.24) is 5.32 Å². The maximum absolute atomic E-state index is 13.8. The van der Waals surface area contributed by atoms with Gasteiger partial charge in [0.1, 0.15) is 11.6 Å². The van der Waals surface area contributed by atoms with Crippen molar-refractivity contribution in [2.75, 3.05) is 7.11 Å². The lowest BCUT2D eigenvalue weighted by Crippen LogP contribution is -2.16. The first-order valence-corrected chi connectivity index (χ1v) is 6.92. The zero-order valence-electron chi connectivity index (χ0n) is 11.5. The van der Waals surface area contributed by atoms with E-state index in [-0.39, 0.29) is 5.82 Å². The van der Waals surface area contributed by atoms with Gasteiger partial charge in [-0.15, -0.1) is 0 Å². The van der Waals surface area contributed by atoms with Crippen LogP contribution in [0, 0.1) is 5.82 Å². The number of methoxy groups -OCH3 is 1. The van der Waals surface area contributed by atoms with Crippen molar-refractivity contribution in [3.8, 4) is 16.9 Å². The second-order valence-electron chi connectivity index (χ2n) is 5.19. The van der Waals surface area contributed by atoms with Crippen molar-refractivity contribution in [2.24, 2.45) is 0 Å². The van der Waals surface area contributed by atoms with E-state index in [1.807, 2.05) is 36.4 Å². The highest BCUT2D eigenvalue weighted by molar-refractivity contribution is 5.65. The maximum atomic E-state index is 13.8. The van der Waals surface area contributed by atoms with Crippen LogP contribution in [0.3, 0.4) is 0 Å². The van der Waals surface area contributed by atoms with Crippen LogP contribution in [-0.2, 0) is 6.54 Å². The number of rotatable bonds is 5. The third kappa shape index (κ3) is 2.99. The molecule has 104 valence electrons. The first-order chi connectivity index (χ1) is 9.76. The summed E-state index contributed by atoms with van der Waals surface area (Å²) in [6.45, 7) is 0.598. The minimum Gasteiger partial charge on any atom is -0.497 e. The van der Waals surface area contributed by atoms with Crippen molar-refractivity contribution in [2.45, 2.75) is 25.4 Å². The number of halogens is 1. The molecule has 0 heterocycles. The molecule has 20 heavy (non-hydrogen) atoms. The highest BCUT2D eigenvalue weighted by atomic mass is 19.1. The maximum Gasteiger partial charge on any atom is 0.127 e. The molecule has 0 amide bonds. The smallest absolute Gasteiger partial charge is 0.127 e. The third-order valence-electron chi connectivity index (χ3n) is 3.63. The zero-order chi connectivity index (χ0) is 13.9. The van der Waals surface area contributed by atoms with E-state index in [1.165, 1.54) is 12.8 Å². The fourth-order valence-electron chi connectivity index (χ4n) is 2.21. The Labute approximate surface area is 118 Å². The summed E-state index contributed by atoms with van der Waals surface area (Å²) in [5.41, 5.74) is 2.82. The van der Waals surface area contributed by atoms with Gasteiger partial charge in [-0.2, -0.15) is 0 Å². The van der Waals surface area contributed by atoms with Gasteiger partial charge in [0.2, 0.25) is 0 Å². The van der Waals surface area contributed by atoms with Crippen LogP contribution in [0.15, 0.2) is 42.5 Å². The molecule has 1 aliphatic rings. The van der Waals surface area contributed by atoms with Crippen LogP contribution in [0.25, 0.3) is 11.1 Å². The van der Waals surface area contributed by atoms with E-state index in [0.29, 0.717) is 12.6 Å². The number of hydrogen-bond acceptors (Lipinski definition) is 2. The molecule has 0 saturated heterocycles. The molecular weight excluding hydrogens is 253 g/mol. The number of benzene rings is 2. The van der Waals surface area contributed by atoms with Crippen molar-refractivity contribution < 1.29 is 9.13 Å². The zero-order valence-corrected chi connectivity index (χ0v) is 11.5. The van der Waals surface area contributed by atoms with Crippen LogP contribution in [0.4, 0.5) is 4.39 Å². The summed E-state index contributed by atoms with van der Waals surface area (Å²) >= 11 is 0. The first kappa shape index (κ1) is 13.1. The van der Waals surface area contributed by atoms with E-state index in [1.54, 1.807) is 13.2 Å². The Morgan fingerprint density at radius 1 is 1.10 bits per heavy atom. The Bertz CT molecular complexity index is 590. The van der Waals surface area contributed by atoms with Crippen molar-refractivity contribution in [3.63, 3.8) is 0 Å². The standard InChI is InChI=1S/C17H18FNO/c1-20-16-7-2-12(3-8-16)13-4-9-17(18)14(10-13)11-19-15-5-6-15/h2-4,7-10,15,19H,5-6,11H2,1H3. The predicted octanol–water partition coefficient (Wildman–Crippen LogP) is 3.75. The molecule has 0 aromatic heterocycles. The topological polar surface area (TPSA) is 21.3 Å². The highest BCUT2D eigenvalue weighted by Crippen LogP contribution is 2.25. The minimum atomic E-state index is -0.143. The highest BCUT2D eigenvalue weighted by Gasteiger charge is 2.20. The fraction of sp³-hybridized carbons (Fsp3) is 0.294. The van der Waals surface area contributed by atoms with Crippen LogP contribution in [0.1, 0.15) is 18.4 Å². The number of nitrogens with one attached hydrogen (secondary N) is 1. The van der Waals surface area contributed by atoms with Crippen LogP contribution < -0.4 is 10.1 Å². The van der Waals surface area contributed by atoms with Gasteiger partial charge in [-0.25, -0.2) is 4.39 Å². The molecule has 0 unspecified atom stereocenters. The third-order valence-corrected chi connectivity index (χ3v) is 3.63. The molecule has 0 bridgehead atoms. The molecule has 0 radical (unpaired) electrons. The lowest BCUT2D eigenvalue weighted by atomic mass is 10.0. The Morgan fingerprint density at radius 2 is 1.80 bits per heavy atom. The Morgan fingerprint density at radius 3 is 2.45 bits per heavy atom. The van der Waals surface area contributed by atoms with E-state index in [2.05, 4.69) is 5.32 Å². The average Bonchev–Trinajstić information content (AvgIpc) is 3.31. The monoisotopic (exact) mass is 271 g/mol. The van der Waals surface area contributed by atoms with Gasteiger partial charge < -0.3 is 10.1 Å². The van der Waals surface area contributed by atoms with Gasteiger partial charge in [0.15, 0.2) is 0 Å². The molecule has 2 aromatic rings. The summed E-state index contributed by atoms with van der Waals surface area (Å²) in [5, 5.41) is 3.35. The van der Waals surface area contributed by atoms with Crippen molar-refractivity contribution >= 4 is 0 Å². The molecule has 0 spiro atoms. The fourth-order valence-corrected chi connectivity index (χ4v) is 2.21. The van der Waals surface area contributed by atoms with E-state index < -0.39 is 0 Å². The summed E-state index contributed by atoms with van der Waals surface area (Å²) in [4.78, 5) is 0. The van der Waals surface area contributed by atoms with Gasteiger partial charge in [0.25, 0.3) is 0 Å². The molecule has 3 rings (SSSR count). The Hall–Kier alpha value is -1.87. The normalized spacial score (nSPS) is 14.3. The Balaban J connectivity index is 1.82. The number of ether oxygens (including phenoxy) is 1. The van der Waals surface area contributed by atoms with Gasteiger partial charge in [0, 0.05) is 18.2 Å². The van der Waals surface area contributed by atoms with Crippen LogP contribution >= 0.6 is 0 Å². The first-order valence-electron chi connectivity index (χ1n) is 6.92. The second-order valence-corrected chi connectivity index (χ2v) is 5.19. The van der Waals surface area contributed by atoms with Crippen LogP contribution in [-0.4, -0.2) is 13.2 Å². The molecule has 3 heteroatoms. The minimum absolute atomic E-state index is 0.143. The van der Waals surface area contributed by atoms with Gasteiger partial charge >= 0.3 is 0 Å².